The molecule has 1 fully saturated rings. The van der Waals surface area contributed by atoms with Gasteiger partial charge in [0, 0.05) is 30.6 Å². The van der Waals surface area contributed by atoms with Gasteiger partial charge in [-0.1, -0.05) is 5.16 Å². The first-order chi connectivity index (χ1) is 11.6. The summed E-state index contributed by atoms with van der Waals surface area (Å²) in [5.74, 6) is 2.09. The molecule has 1 aliphatic heterocycles. The number of carbonyl (C=O) groups is 1. The van der Waals surface area contributed by atoms with E-state index in [4.69, 9.17) is 9.51 Å². The number of carbonyl (C=O) groups excluding carboxylic acids is 1. The van der Waals surface area contributed by atoms with Gasteiger partial charge < -0.3 is 9.42 Å². The Morgan fingerprint density at radius 2 is 2.04 bits per heavy atom. The fraction of sp³-hybridized carbons (Fsp3) is 0.471. The molecule has 0 aliphatic carbocycles. The molecule has 6 nitrogen and oxygen atoms in total. The summed E-state index contributed by atoms with van der Waals surface area (Å²) in [7, 11) is 0. The molecule has 4 rings (SSSR count). The number of hydrogen-bond acceptors (Lipinski definition) is 5. The highest BCUT2D eigenvalue weighted by Crippen LogP contribution is 2.33. The van der Waals surface area contributed by atoms with E-state index in [2.05, 4.69) is 21.1 Å². The SMILES string of the molecule is Cc1noc(C)c1C(=O)N1CCC(c2nc(C)n3ccsc23)CC1. The van der Waals surface area contributed by atoms with Gasteiger partial charge in [-0.15, -0.1) is 11.3 Å². The Hall–Kier alpha value is -2.15. The first kappa shape index (κ1) is 15.4. The van der Waals surface area contributed by atoms with E-state index in [1.165, 1.54) is 10.5 Å². The number of piperidine rings is 1. The number of fused-ring (bicyclic) bond motifs is 1. The number of amides is 1. The summed E-state index contributed by atoms with van der Waals surface area (Å²) in [6.45, 7) is 7.15. The number of imidazole rings is 1. The minimum atomic E-state index is 0.0343. The highest BCUT2D eigenvalue weighted by Gasteiger charge is 2.30. The van der Waals surface area contributed by atoms with Gasteiger partial charge in [-0.3, -0.25) is 9.20 Å². The third kappa shape index (κ3) is 2.34. The van der Waals surface area contributed by atoms with E-state index in [-0.39, 0.29) is 5.91 Å². The van der Waals surface area contributed by atoms with Crippen molar-refractivity contribution in [2.24, 2.45) is 0 Å². The second-order valence-corrected chi connectivity index (χ2v) is 7.28. The van der Waals surface area contributed by atoms with Gasteiger partial charge in [0.15, 0.2) is 0 Å². The molecule has 0 spiro atoms. The van der Waals surface area contributed by atoms with E-state index in [0.717, 1.165) is 31.8 Å². The standard InChI is InChI=1S/C17H20N4O2S/c1-10-14(11(2)23-19-10)16(22)20-6-4-13(5-7-20)15-17-21(8-9-24-17)12(3)18-15/h8-9,13H,4-7H2,1-3H3. The third-order valence-corrected chi connectivity index (χ3v) is 5.76. The Labute approximate surface area is 144 Å². The molecular weight excluding hydrogens is 324 g/mol. The van der Waals surface area contributed by atoms with E-state index < -0.39 is 0 Å². The molecule has 4 heterocycles. The van der Waals surface area contributed by atoms with Gasteiger partial charge in [0.1, 0.15) is 22.0 Å². The Morgan fingerprint density at radius 1 is 1.29 bits per heavy atom. The molecule has 3 aromatic heterocycles. The molecule has 0 radical (unpaired) electrons. The molecule has 0 bridgehead atoms. The molecule has 7 heteroatoms. The molecule has 0 saturated carbocycles. The number of thiazole rings is 1. The molecule has 0 unspecified atom stereocenters. The van der Waals surface area contributed by atoms with Crippen LogP contribution in [0.1, 0.15) is 52.1 Å². The van der Waals surface area contributed by atoms with Gasteiger partial charge in [0.05, 0.1) is 11.4 Å². The number of rotatable bonds is 2. The van der Waals surface area contributed by atoms with Crippen LogP contribution >= 0.6 is 11.3 Å². The van der Waals surface area contributed by atoms with Crippen LogP contribution in [0.4, 0.5) is 0 Å². The first-order valence-electron chi connectivity index (χ1n) is 8.20. The molecule has 1 saturated heterocycles. The smallest absolute Gasteiger partial charge is 0.259 e. The summed E-state index contributed by atoms with van der Waals surface area (Å²) >= 11 is 1.74. The van der Waals surface area contributed by atoms with Crippen LogP contribution in [0.2, 0.25) is 0 Å². The van der Waals surface area contributed by atoms with E-state index in [1.807, 2.05) is 18.7 Å². The summed E-state index contributed by atoms with van der Waals surface area (Å²) in [6, 6.07) is 0. The van der Waals surface area contributed by atoms with Crippen LogP contribution < -0.4 is 0 Å². The Morgan fingerprint density at radius 3 is 2.71 bits per heavy atom. The van der Waals surface area contributed by atoms with Crippen molar-refractivity contribution in [2.45, 2.75) is 39.5 Å². The predicted molar refractivity (Wildman–Crippen MR) is 91.7 cm³/mol. The average Bonchev–Trinajstić information content (AvgIpc) is 3.25. The molecular formula is C17H20N4O2S. The number of hydrogen-bond donors (Lipinski definition) is 0. The van der Waals surface area contributed by atoms with Crippen LogP contribution in [0.3, 0.4) is 0 Å². The molecule has 0 aromatic carbocycles. The Kier molecular flexibility index (Phi) is 3.68. The largest absolute Gasteiger partial charge is 0.361 e. The van der Waals surface area contributed by atoms with Crippen molar-refractivity contribution in [2.75, 3.05) is 13.1 Å². The number of aryl methyl sites for hydroxylation is 3. The second kappa shape index (κ2) is 5.73. The molecule has 0 atom stereocenters. The lowest BCUT2D eigenvalue weighted by Gasteiger charge is -2.31. The van der Waals surface area contributed by atoms with E-state index in [1.54, 1.807) is 18.3 Å². The van der Waals surface area contributed by atoms with Crippen LogP contribution in [0.5, 0.6) is 0 Å². The average molecular weight is 344 g/mol. The summed E-state index contributed by atoms with van der Waals surface area (Å²) < 4.78 is 7.29. The maximum atomic E-state index is 12.7. The fourth-order valence-corrected chi connectivity index (χ4v) is 4.51. The minimum Gasteiger partial charge on any atom is -0.361 e. The molecule has 0 N–H and O–H groups in total. The van der Waals surface area contributed by atoms with Crippen molar-refractivity contribution in [3.8, 4) is 0 Å². The van der Waals surface area contributed by atoms with Gasteiger partial charge in [0.25, 0.3) is 5.91 Å². The zero-order valence-corrected chi connectivity index (χ0v) is 14.9. The van der Waals surface area contributed by atoms with Crippen molar-refractivity contribution >= 4 is 22.1 Å². The Balaban J connectivity index is 1.51. The normalized spacial score (nSPS) is 16.2. The minimum absolute atomic E-state index is 0.0343. The topological polar surface area (TPSA) is 63.6 Å². The second-order valence-electron chi connectivity index (χ2n) is 6.39. The van der Waals surface area contributed by atoms with Crippen LogP contribution in [0, 0.1) is 20.8 Å². The van der Waals surface area contributed by atoms with Crippen molar-refractivity contribution in [3.05, 3.63) is 40.1 Å². The monoisotopic (exact) mass is 344 g/mol. The highest BCUT2D eigenvalue weighted by atomic mass is 32.1. The zero-order chi connectivity index (χ0) is 16.8. The first-order valence-corrected chi connectivity index (χ1v) is 9.08. The van der Waals surface area contributed by atoms with Crippen LogP contribution in [0.15, 0.2) is 16.1 Å². The third-order valence-electron chi connectivity index (χ3n) is 4.87. The summed E-state index contributed by atoms with van der Waals surface area (Å²) in [6.07, 6.45) is 3.96. The van der Waals surface area contributed by atoms with Crippen LogP contribution in [-0.2, 0) is 0 Å². The van der Waals surface area contributed by atoms with Gasteiger partial charge in [0.2, 0.25) is 0 Å². The lowest BCUT2D eigenvalue weighted by Crippen LogP contribution is -2.38. The lowest BCUT2D eigenvalue weighted by atomic mass is 9.93. The summed E-state index contributed by atoms with van der Waals surface area (Å²) in [5.41, 5.74) is 2.48. The van der Waals surface area contributed by atoms with Gasteiger partial charge >= 0.3 is 0 Å². The summed E-state index contributed by atoms with van der Waals surface area (Å²) in [5, 5.41) is 5.99. The van der Waals surface area contributed by atoms with Gasteiger partial charge in [-0.2, -0.15) is 0 Å². The van der Waals surface area contributed by atoms with Gasteiger partial charge in [-0.05, 0) is 33.6 Å². The van der Waals surface area contributed by atoms with Crippen molar-refractivity contribution in [1.82, 2.24) is 19.4 Å². The highest BCUT2D eigenvalue weighted by molar-refractivity contribution is 7.15. The van der Waals surface area contributed by atoms with Gasteiger partial charge in [-0.25, -0.2) is 4.98 Å². The van der Waals surface area contributed by atoms with E-state index in [9.17, 15) is 4.79 Å². The number of likely N-dealkylation sites (tertiary alicyclic amines) is 1. The van der Waals surface area contributed by atoms with Crippen LogP contribution in [0.25, 0.3) is 4.83 Å². The zero-order valence-electron chi connectivity index (χ0n) is 14.1. The maximum Gasteiger partial charge on any atom is 0.259 e. The summed E-state index contributed by atoms with van der Waals surface area (Å²) in [4.78, 5) is 20.6. The fourth-order valence-electron chi connectivity index (χ4n) is 3.56. The number of nitrogens with zero attached hydrogens (tertiary/aromatic N) is 4. The molecule has 1 aliphatic rings. The van der Waals surface area contributed by atoms with E-state index in [0.29, 0.717) is 22.9 Å². The van der Waals surface area contributed by atoms with Crippen molar-refractivity contribution in [3.63, 3.8) is 0 Å². The predicted octanol–water partition coefficient (Wildman–Crippen LogP) is 3.33. The Bertz CT molecular complexity index is 880. The van der Waals surface area contributed by atoms with Crippen LogP contribution in [-0.4, -0.2) is 38.4 Å². The molecule has 3 aromatic rings. The van der Waals surface area contributed by atoms with Crippen molar-refractivity contribution in [1.29, 1.82) is 0 Å². The molecule has 24 heavy (non-hydrogen) atoms. The lowest BCUT2D eigenvalue weighted by molar-refractivity contribution is 0.0710. The molecule has 1 amide bonds. The molecule has 126 valence electrons. The van der Waals surface area contributed by atoms with Crippen molar-refractivity contribution < 1.29 is 9.32 Å². The number of aromatic nitrogens is 3. The quantitative estimate of drug-likeness (QED) is 0.715. The maximum absolute atomic E-state index is 12.7. The van der Waals surface area contributed by atoms with E-state index >= 15 is 0 Å².